The Morgan fingerprint density at radius 2 is 1.54 bits per heavy atom. The van der Waals surface area contributed by atoms with Crippen LogP contribution in [0.3, 0.4) is 0 Å². The molecular formula is C30H36FN3O4S. The first-order valence-electron chi connectivity index (χ1n) is 12.8. The van der Waals surface area contributed by atoms with Gasteiger partial charge in [-0.1, -0.05) is 48.0 Å². The Balaban J connectivity index is 2.09. The maximum absolute atomic E-state index is 14.6. The van der Waals surface area contributed by atoms with Crippen molar-refractivity contribution >= 4 is 27.5 Å². The van der Waals surface area contributed by atoms with Crippen molar-refractivity contribution in [3.63, 3.8) is 0 Å². The number of anilines is 1. The molecule has 0 heterocycles. The van der Waals surface area contributed by atoms with Gasteiger partial charge in [-0.2, -0.15) is 0 Å². The van der Waals surface area contributed by atoms with Gasteiger partial charge in [0.25, 0.3) is 10.0 Å². The molecule has 3 aromatic rings. The Bertz CT molecular complexity index is 1440. The quantitative estimate of drug-likeness (QED) is 0.387. The third kappa shape index (κ3) is 7.03. The molecule has 3 aromatic carbocycles. The molecule has 0 radical (unpaired) electrons. The molecule has 2 amide bonds. The number of carbonyl (C=O) groups excluding carboxylic acids is 2. The van der Waals surface area contributed by atoms with Gasteiger partial charge in [0.2, 0.25) is 11.8 Å². The Labute approximate surface area is 230 Å². The van der Waals surface area contributed by atoms with E-state index >= 15 is 0 Å². The topological polar surface area (TPSA) is 86.8 Å². The van der Waals surface area contributed by atoms with Crippen molar-refractivity contribution in [1.82, 2.24) is 10.2 Å². The number of benzene rings is 3. The second-order valence-electron chi connectivity index (χ2n) is 10.00. The lowest BCUT2D eigenvalue weighted by molar-refractivity contribution is -0.139. The molecule has 9 heteroatoms. The highest BCUT2D eigenvalue weighted by Gasteiger charge is 2.33. The molecule has 1 N–H and O–H groups in total. The van der Waals surface area contributed by atoms with E-state index in [1.54, 1.807) is 58.0 Å². The highest BCUT2D eigenvalue weighted by Crippen LogP contribution is 2.29. The number of hydrogen-bond donors (Lipinski definition) is 1. The molecule has 3 rings (SSSR count). The first kappa shape index (κ1) is 29.8. The summed E-state index contributed by atoms with van der Waals surface area (Å²) in [5.41, 5.74) is 3.03. The maximum Gasteiger partial charge on any atom is 0.264 e. The molecule has 0 aliphatic carbocycles. The van der Waals surface area contributed by atoms with Gasteiger partial charge in [-0.15, -0.1) is 0 Å². The molecule has 0 bridgehead atoms. The number of rotatable bonds is 10. The molecule has 0 spiro atoms. The largest absolute Gasteiger partial charge is 0.352 e. The fraction of sp³-hybridized carbons (Fsp3) is 0.333. The van der Waals surface area contributed by atoms with E-state index in [4.69, 9.17) is 0 Å². The summed E-state index contributed by atoms with van der Waals surface area (Å²) in [7, 11) is -4.17. The monoisotopic (exact) mass is 553 g/mol. The molecule has 39 heavy (non-hydrogen) atoms. The van der Waals surface area contributed by atoms with Gasteiger partial charge < -0.3 is 10.2 Å². The zero-order valence-corrected chi connectivity index (χ0v) is 24.0. The first-order valence-corrected chi connectivity index (χ1v) is 14.3. The second kappa shape index (κ2) is 12.4. The van der Waals surface area contributed by atoms with Crippen LogP contribution < -0.4 is 9.62 Å². The van der Waals surface area contributed by atoms with Crippen LogP contribution in [0.5, 0.6) is 0 Å². The van der Waals surface area contributed by atoms with Crippen LogP contribution in [0.15, 0.2) is 71.6 Å². The van der Waals surface area contributed by atoms with Crippen LogP contribution in [0.25, 0.3) is 0 Å². The van der Waals surface area contributed by atoms with Crippen LogP contribution in [0.4, 0.5) is 10.1 Å². The Morgan fingerprint density at radius 1 is 0.897 bits per heavy atom. The Morgan fingerprint density at radius 3 is 2.15 bits per heavy atom. The summed E-state index contributed by atoms with van der Waals surface area (Å²) in [6.07, 6.45) is 0. The first-order chi connectivity index (χ1) is 18.3. The lowest BCUT2D eigenvalue weighted by Crippen LogP contribution is -2.52. The van der Waals surface area contributed by atoms with Crippen LogP contribution in [0, 0.1) is 26.6 Å². The molecule has 208 valence electrons. The van der Waals surface area contributed by atoms with Crippen LogP contribution in [-0.4, -0.2) is 43.8 Å². The van der Waals surface area contributed by atoms with Crippen molar-refractivity contribution in [1.29, 1.82) is 0 Å². The number of nitrogens with zero attached hydrogens (tertiary/aromatic N) is 2. The number of hydrogen-bond acceptors (Lipinski definition) is 4. The molecule has 7 nitrogen and oxygen atoms in total. The summed E-state index contributed by atoms with van der Waals surface area (Å²) in [6, 6.07) is 16.5. The van der Waals surface area contributed by atoms with Crippen molar-refractivity contribution < 1.29 is 22.4 Å². The van der Waals surface area contributed by atoms with Crippen molar-refractivity contribution in [2.75, 3.05) is 10.8 Å². The molecule has 1 atom stereocenters. The molecule has 0 saturated carbocycles. The Hall–Kier alpha value is -3.72. The van der Waals surface area contributed by atoms with E-state index in [0.29, 0.717) is 11.3 Å². The van der Waals surface area contributed by atoms with E-state index in [9.17, 15) is 22.4 Å². The van der Waals surface area contributed by atoms with Crippen LogP contribution in [0.2, 0.25) is 0 Å². The number of amides is 2. The van der Waals surface area contributed by atoms with Crippen molar-refractivity contribution in [3.8, 4) is 0 Å². The SMILES string of the molecule is Cc1ccc(S(=O)(=O)N(CC(=O)N(Cc2ccccc2F)C(C)C(=O)NC(C)C)c2cccc(C)c2C)cc1. The Kier molecular flexibility index (Phi) is 9.50. The minimum Gasteiger partial charge on any atom is -0.352 e. The van der Waals surface area contributed by atoms with Gasteiger partial charge in [0.15, 0.2) is 0 Å². The van der Waals surface area contributed by atoms with Crippen LogP contribution >= 0.6 is 0 Å². The molecular weight excluding hydrogens is 517 g/mol. The van der Waals surface area contributed by atoms with Crippen molar-refractivity contribution in [3.05, 3.63) is 94.8 Å². The highest BCUT2D eigenvalue weighted by atomic mass is 32.2. The smallest absolute Gasteiger partial charge is 0.264 e. The average Bonchev–Trinajstić information content (AvgIpc) is 2.88. The molecule has 0 saturated heterocycles. The second-order valence-corrected chi connectivity index (χ2v) is 11.9. The fourth-order valence-electron chi connectivity index (χ4n) is 4.15. The fourth-order valence-corrected chi connectivity index (χ4v) is 5.63. The number of sulfonamides is 1. The minimum absolute atomic E-state index is 0.0352. The average molecular weight is 554 g/mol. The summed E-state index contributed by atoms with van der Waals surface area (Å²) in [5.74, 6) is -1.58. The number of aryl methyl sites for hydroxylation is 2. The van der Waals surface area contributed by atoms with E-state index in [-0.39, 0.29) is 23.0 Å². The summed E-state index contributed by atoms with van der Waals surface area (Å²) in [6.45, 7) is 9.87. The molecule has 1 unspecified atom stereocenters. The third-order valence-electron chi connectivity index (χ3n) is 6.63. The van der Waals surface area contributed by atoms with Gasteiger partial charge >= 0.3 is 0 Å². The van der Waals surface area contributed by atoms with E-state index in [1.807, 2.05) is 19.9 Å². The summed E-state index contributed by atoms with van der Waals surface area (Å²) in [4.78, 5) is 28.1. The predicted molar refractivity (Wildman–Crippen MR) is 151 cm³/mol. The van der Waals surface area contributed by atoms with E-state index in [0.717, 1.165) is 15.4 Å². The standard InChI is InChI=1S/C30H36FN3O4S/c1-20(2)32-30(36)24(6)33(18-25-11-7-8-12-27(25)31)29(35)19-34(28-13-9-10-22(4)23(28)5)39(37,38)26-16-14-21(3)15-17-26/h7-17,20,24H,18-19H2,1-6H3,(H,32,36). The number of nitrogens with one attached hydrogen (secondary N) is 1. The van der Waals surface area contributed by atoms with Gasteiger partial charge in [0.05, 0.1) is 10.6 Å². The zero-order chi connectivity index (χ0) is 28.9. The molecule has 0 aliphatic heterocycles. The van der Waals surface area contributed by atoms with Gasteiger partial charge in [0, 0.05) is 18.2 Å². The van der Waals surface area contributed by atoms with Gasteiger partial charge in [0.1, 0.15) is 18.4 Å². The zero-order valence-electron chi connectivity index (χ0n) is 23.2. The molecule has 0 aromatic heterocycles. The number of carbonyl (C=O) groups is 2. The summed E-state index contributed by atoms with van der Waals surface area (Å²) < 4.78 is 43.6. The molecule has 0 fully saturated rings. The van der Waals surface area contributed by atoms with Crippen molar-refractivity contribution in [2.45, 2.75) is 65.1 Å². The molecule has 0 aliphatic rings. The summed E-state index contributed by atoms with van der Waals surface area (Å²) in [5, 5.41) is 2.78. The minimum atomic E-state index is -4.17. The van der Waals surface area contributed by atoms with E-state index < -0.39 is 40.2 Å². The maximum atomic E-state index is 14.6. The lowest BCUT2D eigenvalue weighted by Gasteiger charge is -2.33. The number of halogens is 1. The van der Waals surface area contributed by atoms with Gasteiger partial charge in [-0.3, -0.25) is 13.9 Å². The highest BCUT2D eigenvalue weighted by molar-refractivity contribution is 7.92. The van der Waals surface area contributed by atoms with Crippen LogP contribution in [0.1, 0.15) is 43.0 Å². The van der Waals surface area contributed by atoms with Gasteiger partial charge in [-0.25, -0.2) is 12.8 Å². The lowest BCUT2D eigenvalue weighted by atomic mass is 10.1. The van der Waals surface area contributed by atoms with E-state index in [1.165, 1.54) is 35.2 Å². The van der Waals surface area contributed by atoms with E-state index in [2.05, 4.69) is 5.32 Å². The summed E-state index contributed by atoms with van der Waals surface area (Å²) >= 11 is 0. The van der Waals surface area contributed by atoms with Crippen molar-refractivity contribution in [2.24, 2.45) is 0 Å². The predicted octanol–water partition coefficient (Wildman–Crippen LogP) is 4.89. The van der Waals surface area contributed by atoms with Gasteiger partial charge in [-0.05, 0) is 76.9 Å². The third-order valence-corrected chi connectivity index (χ3v) is 8.40. The normalized spacial score (nSPS) is 12.2. The van der Waals surface area contributed by atoms with Crippen LogP contribution in [-0.2, 0) is 26.2 Å².